The van der Waals surface area contributed by atoms with Gasteiger partial charge in [-0.25, -0.2) is 0 Å². The van der Waals surface area contributed by atoms with Gasteiger partial charge in [0.1, 0.15) is 6.04 Å². The molecule has 2 aliphatic rings. The molecule has 3 atom stereocenters. The largest absolute Gasteiger partial charge is 0.480 e. The monoisotopic (exact) mass is 305 g/mol. The number of carbonyl (C=O) groups is 1. The van der Waals surface area contributed by atoms with Crippen LogP contribution in [0.4, 0.5) is 0 Å². The minimum atomic E-state index is -0.645. The highest BCUT2D eigenvalue weighted by Gasteiger charge is 2.35. The Labute approximate surface area is 130 Å². The van der Waals surface area contributed by atoms with E-state index in [2.05, 4.69) is 36.1 Å². The Kier molecular flexibility index (Phi) is 4.55. The lowest BCUT2D eigenvalue weighted by atomic mass is 9.88. The second-order valence-electron chi connectivity index (χ2n) is 6.20. The van der Waals surface area contributed by atoms with Crippen LogP contribution in [0, 0.1) is 5.92 Å². The van der Waals surface area contributed by atoms with E-state index in [4.69, 9.17) is 0 Å². The molecular weight excluding hydrogens is 282 g/mol. The van der Waals surface area contributed by atoms with Crippen molar-refractivity contribution < 1.29 is 9.90 Å². The Hall–Kier alpha value is -1.00. The van der Waals surface area contributed by atoms with Crippen molar-refractivity contribution >= 4 is 17.7 Å². The smallest absolute Gasteiger partial charge is 0.320 e. The maximum absolute atomic E-state index is 11.6. The van der Waals surface area contributed by atoms with Gasteiger partial charge in [0.05, 0.1) is 0 Å². The van der Waals surface area contributed by atoms with Gasteiger partial charge in [-0.2, -0.15) is 0 Å². The summed E-state index contributed by atoms with van der Waals surface area (Å²) in [5, 5.41) is 10.0. The van der Waals surface area contributed by atoms with Crippen LogP contribution in [-0.2, 0) is 11.2 Å². The van der Waals surface area contributed by atoms with Crippen LogP contribution < -0.4 is 0 Å². The fraction of sp³-hybridized carbons (Fsp3) is 0.588. The van der Waals surface area contributed by atoms with E-state index in [1.54, 1.807) is 0 Å². The van der Waals surface area contributed by atoms with Gasteiger partial charge in [0.25, 0.3) is 0 Å². The Bertz CT molecular complexity index is 494. The van der Waals surface area contributed by atoms with Gasteiger partial charge in [-0.3, -0.25) is 9.69 Å². The summed E-state index contributed by atoms with van der Waals surface area (Å²) in [6, 6.07) is 8.27. The number of benzene rings is 1. The van der Waals surface area contributed by atoms with Gasteiger partial charge in [0.2, 0.25) is 0 Å². The lowest BCUT2D eigenvalue weighted by Crippen LogP contribution is -2.49. The van der Waals surface area contributed by atoms with E-state index in [1.807, 2.05) is 11.8 Å². The minimum absolute atomic E-state index is 0.284. The number of piperidine rings is 1. The first-order chi connectivity index (χ1) is 10.2. The number of carboxylic acids is 1. The molecule has 1 N–H and O–H groups in total. The predicted octanol–water partition coefficient (Wildman–Crippen LogP) is 3.28. The Morgan fingerprint density at radius 1 is 1.43 bits per heavy atom. The third-order valence-electron chi connectivity index (χ3n) is 4.84. The number of hydrogen-bond acceptors (Lipinski definition) is 3. The van der Waals surface area contributed by atoms with Gasteiger partial charge in [0.15, 0.2) is 0 Å². The summed E-state index contributed by atoms with van der Waals surface area (Å²) >= 11 is 1.92. The Morgan fingerprint density at radius 2 is 2.24 bits per heavy atom. The first-order valence-electron chi connectivity index (χ1n) is 7.88. The summed E-state index contributed by atoms with van der Waals surface area (Å²) in [5.74, 6) is -0.0653. The topological polar surface area (TPSA) is 40.5 Å². The van der Waals surface area contributed by atoms with Gasteiger partial charge in [-0.15, -0.1) is 11.8 Å². The summed E-state index contributed by atoms with van der Waals surface area (Å²) < 4.78 is 0. The minimum Gasteiger partial charge on any atom is -0.480 e. The lowest BCUT2D eigenvalue weighted by molar-refractivity contribution is -0.145. The zero-order valence-electron chi connectivity index (χ0n) is 12.5. The van der Waals surface area contributed by atoms with E-state index in [0.29, 0.717) is 11.2 Å². The second kappa shape index (κ2) is 6.41. The summed E-state index contributed by atoms with van der Waals surface area (Å²) in [4.78, 5) is 15.1. The first kappa shape index (κ1) is 14.9. The molecule has 1 aromatic carbocycles. The number of fused-ring (bicyclic) bond motifs is 1. The molecule has 0 saturated carbocycles. The molecule has 1 saturated heterocycles. The van der Waals surface area contributed by atoms with E-state index in [-0.39, 0.29) is 6.04 Å². The number of hydrogen-bond donors (Lipinski definition) is 1. The Balaban J connectivity index is 1.63. The first-order valence-corrected chi connectivity index (χ1v) is 8.76. The molecule has 0 radical (unpaired) electrons. The van der Waals surface area contributed by atoms with Crippen LogP contribution >= 0.6 is 11.8 Å². The maximum atomic E-state index is 11.6. The van der Waals surface area contributed by atoms with E-state index in [0.717, 1.165) is 38.8 Å². The van der Waals surface area contributed by atoms with Gasteiger partial charge < -0.3 is 5.11 Å². The number of nitrogens with zero attached hydrogens (tertiary/aromatic N) is 1. The normalized spacial score (nSPS) is 29.3. The molecule has 4 heteroatoms. The molecule has 2 aliphatic heterocycles. The van der Waals surface area contributed by atoms with Crippen LogP contribution in [0.1, 0.15) is 31.7 Å². The number of carboxylic acid groups (broad SMARTS) is 1. The molecule has 21 heavy (non-hydrogen) atoms. The third kappa shape index (κ3) is 3.27. The number of likely N-dealkylation sites (tertiary alicyclic amines) is 1. The van der Waals surface area contributed by atoms with Crippen molar-refractivity contribution in [2.24, 2.45) is 5.92 Å². The average molecular weight is 305 g/mol. The van der Waals surface area contributed by atoms with E-state index < -0.39 is 5.97 Å². The highest BCUT2D eigenvalue weighted by molar-refractivity contribution is 8.00. The fourth-order valence-corrected chi connectivity index (χ4v) is 4.90. The fourth-order valence-electron chi connectivity index (χ4n) is 3.55. The molecule has 3 unspecified atom stereocenters. The third-order valence-corrected chi connectivity index (χ3v) is 6.14. The van der Waals surface area contributed by atoms with Crippen molar-refractivity contribution in [1.82, 2.24) is 4.90 Å². The molecule has 114 valence electrons. The zero-order chi connectivity index (χ0) is 14.8. The van der Waals surface area contributed by atoms with Crippen LogP contribution in [0.15, 0.2) is 29.2 Å². The van der Waals surface area contributed by atoms with Gasteiger partial charge >= 0.3 is 5.97 Å². The average Bonchev–Trinajstić information content (AvgIpc) is 2.89. The van der Waals surface area contributed by atoms with Crippen LogP contribution in [0.3, 0.4) is 0 Å². The van der Waals surface area contributed by atoms with E-state index in [9.17, 15) is 9.90 Å². The summed E-state index contributed by atoms with van der Waals surface area (Å²) in [6.45, 7) is 4.00. The van der Waals surface area contributed by atoms with Gasteiger partial charge in [-0.1, -0.05) is 31.5 Å². The quantitative estimate of drug-likeness (QED) is 0.927. The summed E-state index contributed by atoms with van der Waals surface area (Å²) in [7, 11) is 0. The maximum Gasteiger partial charge on any atom is 0.320 e. The predicted molar refractivity (Wildman–Crippen MR) is 85.8 cm³/mol. The van der Waals surface area contributed by atoms with Crippen LogP contribution in [0.2, 0.25) is 0 Å². The van der Waals surface area contributed by atoms with Crippen LogP contribution in [0.5, 0.6) is 0 Å². The van der Waals surface area contributed by atoms with E-state index >= 15 is 0 Å². The Morgan fingerprint density at radius 3 is 2.95 bits per heavy atom. The number of thioether (sulfide) groups is 1. The molecule has 1 aromatic rings. The molecule has 2 heterocycles. The van der Waals surface area contributed by atoms with Crippen molar-refractivity contribution in [2.75, 3.05) is 13.1 Å². The van der Waals surface area contributed by atoms with Crippen molar-refractivity contribution in [3.05, 3.63) is 29.8 Å². The molecule has 0 amide bonds. The van der Waals surface area contributed by atoms with E-state index in [1.165, 1.54) is 10.5 Å². The summed E-state index contributed by atoms with van der Waals surface area (Å²) in [5.41, 5.74) is 1.42. The number of rotatable bonds is 4. The molecule has 1 fully saturated rings. The SMILES string of the molecule is CCC1CCN(CC2Cc3ccccc3S2)C(C(=O)O)C1. The lowest BCUT2D eigenvalue weighted by Gasteiger charge is -2.38. The van der Waals surface area contributed by atoms with Gasteiger partial charge in [0, 0.05) is 16.7 Å². The molecule has 3 nitrogen and oxygen atoms in total. The molecule has 3 rings (SSSR count). The molecular formula is C17H23NO2S. The molecule has 0 aliphatic carbocycles. The highest BCUT2D eigenvalue weighted by Crippen LogP contribution is 2.38. The highest BCUT2D eigenvalue weighted by atomic mass is 32.2. The molecule has 0 aromatic heterocycles. The van der Waals surface area contributed by atoms with Crippen molar-refractivity contribution in [3.63, 3.8) is 0 Å². The van der Waals surface area contributed by atoms with Crippen LogP contribution in [0.25, 0.3) is 0 Å². The number of aliphatic carboxylic acids is 1. The van der Waals surface area contributed by atoms with Crippen LogP contribution in [-0.4, -0.2) is 40.4 Å². The van der Waals surface area contributed by atoms with Crippen molar-refractivity contribution in [2.45, 2.75) is 48.8 Å². The van der Waals surface area contributed by atoms with Gasteiger partial charge in [-0.05, 0) is 43.4 Å². The molecule has 0 spiro atoms. The zero-order valence-corrected chi connectivity index (χ0v) is 13.3. The summed E-state index contributed by atoms with van der Waals surface area (Å²) in [6.07, 6.45) is 4.13. The standard InChI is InChI=1S/C17H23NO2S/c1-2-12-7-8-18(15(9-12)17(19)20)11-14-10-13-5-3-4-6-16(13)21-14/h3-6,12,14-15H,2,7-11H2,1H3,(H,19,20). The van der Waals surface area contributed by atoms with Crippen molar-refractivity contribution in [3.8, 4) is 0 Å². The molecule has 0 bridgehead atoms. The van der Waals surface area contributed by atoms with Crippen molar-refractivity contribution in [1.29, 1.82) is 0 Å². The second-order valence-corrected chi connectivity index (χ2v) is 7.54.